The fourth-order valence-electron chi connectivity index (χ4n) is 2.74. The van der Waals surface area contributed by atoms with E-state index in [4.69, 9.17) is 5.73 Å². The lowest BCUT2D eigenvalue weighted by Gasteiger charge is -2.27. The van der Waals surface area contributed by atoms with Crippen molar-refractivity contribution in [1.29, 1.82) is 0 Å². The van der Waals surface area contributed by atoms with Crippen LogP contribution in [0, 0.1) is 12.0 Å². The molecular formula is C14H19N2O3S. The third-order valence-corrected chi connectivity index (χ3v) is 5.17. The Hall–Kier alpha value is -1.56. The maximum Gasteiger partial charge on any atom is 0.326 e. The van der Waals surface area contributed by atoms with Gasteiger partial charge in [0.05, 0.1) is 4.90 Å². The summed E-state index contributed by atoms with van der Waals surface area (Å²) in [6.45, 7) is 2.21. The Bertz CT molecular complexity index is 590. The van der Waals surface area contributed by atoms with Crippen LogP contribution in [-0.2, 0) is 10.0 Å². The van der Waals surface area contributed by atoms with E-state index in [1.165, 1.54) is 6.07 Å². The van der Waals surface area contributed by atoms with Crippen molar-refractivity contribution in [3.63, 3.8) is 0 Å². The molecule has 0 bridgehead atoms. The van der Waals surface area contributed by atoms with E-state index in [2.05, 4.69) is 13.0 Å². The van der Waals surface area contributed by atoms with E-state index in [0.29, 0.717) is 5.92 Å². The van der Waals surface area contributed by atoms with Crippen molar-refractivity contribution < 1.29 is 13.2 Å². The fraction of sp³-hybridized carbons (Fsp3) is 0.500. The second-order valence-corrected chi connectivity index (χ2v) is 7.00. The zero-order chi connectivity index (χ0) is 14.8. The van der Waals surface area contributed by atoms with E-state index < -0.39 is 16.1 Å². The molecule has 1 aliphatic rings. The third kappa shape index (κ3) is 3.30. The van der Waals surface area contributed by atoms with Crippen LogP contribution in [0.5, 0.6) is 0 Å². The Morgan fingerprint density at radius 3 is 2.60 bits per heavy atom. The van der Waals surface area contributed by atoms with Crippen molar-refractivity contribution >= 4 is 16.1 Å². The van der Waals surface area contributed by atoms with Crippen LogP contribution in [-0.4, -0.2) is 14.4 Å². The quantitative estimate of drug-likeness (QED) is 0.895. The Morgan fingerprint density at radius 2 is 2.00 bits per heavy atom. The molecule has 1 aromatic rings. The van der Waals surface area contributed by atoms with E-state index in [9.17, 15) is 13.2 Å². The zero-order valence-corrected chi connectivity index (χ0v) is 12.2. The van der Waals surface area contributed by atoms with Crippen molar-refractivity contribution in [2.45, 2.75) is 43.4 Å². The van der Waals surface area contributed by atoms with Crippen LogP contribution >= 0.6 is 0 Å². The van der Waals surface area contributed by atoms with Crippen molar-refractivity contribution in [1.82, 2.24) is 4.72 Å². The zero-order valence-electron chi connectivity index (χ0n) is 11.4. The lowest BCUT2D eigenvalue weighted by molar-refractivity contribution is 0.253. The number of nitrogens with one attached hydrogen (secondary N) is 1. The average molecular weight is 295 g/mol. The molecule has 1 saturated carbocycles. The molecule has 0 atom stereocenters. The number of carbonyl (C=O) groups excluding carboxylic acids is 1. The van der Waals surface area contributed by atoms with E-state index >= 15 is 0 Å². The molecule has 0 aliphatic heterocycles. The predicted molar refractivity (Wildman–Crippen MR) is 75.6 cm³/mol. The molecule has 5 nitrogen and oxygen atoms in total. The van der Waals surface area contributed by atoms with E-state index in [-0.39, 0.29) is 10.8 Å². The third-order valence-electron chi connectivity index (χ3n) is 3.81. The van der Waals surface area contributed by atoms with Crippen LogP contribution in [0.4, 0.5) is 4.79 Å². The van der Waals surface area contributed by atoms with Gasteiger partial charge in [0.1, 0.15) is 0 Å². The smallest absolute Gasteiger partial charge is 0.326 e. The summed E-state index contributed by atoms with van der Waals surface area (Å²) in [4.78, 5) is 10.9. The molecule has 2 rings (SSSR count). The van der Waals surface area contributed by atoms with Gasteiger partial charge in [-0.05, 0) is 30.2 Å². The molecule has 0 unspecified atom stereocenters. The molecule has 0 heterocycles. The molecule has 1 radical (unpaired) electrons. The van der Waals surface area contributed by atoms with E-state index in [0.717, 1.165) is 31.2 Å². The van der Waals surface area contributed by atoms with E-state index in [1.807, 2.05) is 0 Å². The maximum absolute atomic E-state index is 12.1. The van der Waals surface area contributed by atoms with Crippen LogP contribution in [0.1, 0.15) is 44.1 Å². The summed E-state index contributed by atoms with van der Waals surface area (Å²) in [5.74, 6) is 0.880. The van der Waals surface area contributed by atoms with Crippen molar-refractivity contribution in [3.05, 3.63) is 29.8 Å². The standard InChI is InChI=1S/C14H19N2O3S/c1-10-6-8-11(9-7-10)12-4-2-3-5-13(12)20(18,19)16-14(15)17/h2-4,10-11H,6-9H2,1H3,(H3,15,16,17). The van der Waals surface area contributed by atoms with Crippen molar-refractivity contribution in [2.24, 2.45) is 11.7 Å². The molecule has 0 aromatic heterocycles. The fourth-order valence-corrected chi connectivity index (χ4v) is 3.88. The Labute approximate surface area is 119 Å². The normalized spacial score (nSPS) is 23.2. The van der Waals surface area contributed by atoms with Gasteiger partial charge in [-0.2, -0.15) is 0 Å². The summed E-state index contributed by atoms with van der Waals surface area (Å²) in [5.41, 5.74) is 5.65. The number of rotatable bonds is 3. The van der Waals surface area contributed by atoms with Crippen LogP contribution in [0.25, 0.3) is 0 Å². The van der Waals surface area contributed by atoms with Gasteiger partial charge in [0, 0.05) is 6.07 Å². The van der Waals surface area contributed by atoms with Crippen LogP contribution in [0.2, 0.25) is 0 Å². The van der Waals surface area contributed by atoms with Gasteiger partial charge in [-0.1, -0.05) is 38.0 Å². The first-order valence-corrected chi connectivity index (χ1v) is 8.21. The first-order valence-electron chi connectivity index (χ1n) is 6.73. The average Bonchev–Trinajstić information content (AvgIpc) is 2.38. The van der Waals surface area contributed by atoms with Gasteiger partial charge in [-0.25, -0.2) is 17.9 Å². The van der Waals surface area contributed by atoms with Crippen LogP contribution in [0.3, 0.4) is 0 Å². The van der Waals surface area contributed by atoms with Gasteiger partial charge in [-0.15, -0.1) is 0 Å². The maximum atomic E-state index is 12.1. The second kappa shape index (κ2) is 5.83. The number of amides is 2. The summed E-state index contributed by atoms with van der Waals surface area (Å²) in [6, 6.07) is 6.76. The molecule has 0 spiro atoms. The minimum Gasteiger partial charge on any atom is -0.351 e. The molecule has 0 saturated heterocycles. The first kappa shape index (κ1) is 14.8. The van der Waals surface area contributed by atoms with Crippen molar-refractivity contribution in [3.8, 4) is 0 Å². The SMILES string of the molecule is CC1CCC(c2ccc[c]c2S(=O)(=O)NC(N)=O)CC1. The number of urea groups is 1. The lowest BCUT2D eigenvalue weighted by Crippen LogP contribution is -2.35. The first-order chi connectivity index (χ1) is 9.40. The minimum absolute atomic E-state index is 0.0401. The largest absolute Gasteiger partial charge is 0.351 e. The highest BCUT2D eigenvalue weighted by Gasteiger charge is 2.27. The topological polar surface area (TPSA) is 89.3 Å². The summed E-state index contributed by atoms with van der Waals surface area (Å²) >= 11 is 0. The van der Waals surface area contributed by atoms with Gasteiger partial charge in [0.25, 0.3) is 10.0 Å². The van der Waals surface area contributed by atoms with Crippen LogP contribution in [0.15, 0.2) is 23.1 Å². The molecule has 1 fully saturated rings. The molecule has 20 heavy (non-hydrogen) atoms. The molecule has 1 aromatic carbocycles. The summed E-state index contributed by atoms with van der Waals surface area (Å²) in [6.07, 6.45) is 4.08. The number of carbonyl (C=O) groups is 1. The second-order valence-electron chi connectivity index (χ2n) is 5.38. The van der Waals surface area contributed by atoms with Gasteiger partial charge in [0.15, 0.2) is 0 Å². The number of primary amides is 1. The number of sulfonamides is 1. The van der Waals surface area contributed by atoms with Gasteiger partial charge < -0.3 is 5.73 Å². The predicted octanol–water partition coefficient (Wildman–Crippen LogP) is 2.14. The van der Waals surface area contributed by atoms with Gasteiger partial charge >= 0.3 is 6.03 Å². The summed E-state index contributed by atoms with van der Waals surface area (Å²) in [5, 5.41) is 0. The monoisotopic (exact) mass is 295 g/mol. The summed E-state index contributed by atoms with van der Waals surface area (Å²) < 4.78 is 26.1. The van der Waals surface area contributed by atoms with Crippen molar-refractivity contribution in [2.75, 3.05) is 0 Å². The van der Waals surface area contributed by atoms with Crippen LogP contribution < -0.4 is 10.5 Å². The Balaban J connectivity index is 2.33. The number of hydrogen-bond donors (Lipinski definition) is 2. The number of benzene rings is 1. The molecule has 109 valence electrons. The van der Waals surface area contributed by atoms with Gasteiger partial charge in [0.2, 0.25) is 0 Å². The molecule has 1 aliphatic carbocycles. The molecule has 3 N–H and O–H groups in total. The Kier molecular flexibility index (Phi) is 4.32. The van der Waals surface area contributed by atoms with Gasteiger partial charge in [-0.3, -0.25) is 0 Å². The molecular weight excluding hydrogens is 276 g/mol. The number of hydrogen-bond acceptors (Lipinski definition) is 3. The van der Waals surface area contributed by atoms with E-state index in [1.54, 1.807) is 16.9 Å². The molecule has 6 heteroatoms. The highest BCUT2D eigenvalue weighted by atomic mass is 32.2. The minimum atomic E-state index is -3.93. The summed E-state index contributed by atoms with van der Waals surface area (Å²) in [7, 11) is -3.93. The Morgan fingerprint density at radius 1 is 1.35 bits per heavy atom. The number of nitrogens with two attached hydrogens (primary N) is 1. The highest BCUT2D eigenvalue weighted by Crippen LogP contribution is 2.37. The molecule has 2 amide bonds. The lowest BCUT2D eigenvalue weighted by atomic mass is 9.79. The highest BCUT2D eigenvalue weighted by molar-refractivity contribution is 7.90.